The molecule has 0 spiro atoms. The molecule has 14 rings (SSSR count). The van der Waals surface area contributed by atoms with Crippen molar-refractivity contribution in [1.82, 2.24) is 0 Å². The first kappa shape index (κ1) is 46.1. The molecule has 2 aliphatic rings. The van der Waals surface area contributed by atoms with E-state index in [0.29, 0.717) is 11.8 Å². The molecule has 0 unspecified atom stereocenters. The number of rotatable bonds is 10. The average Bonchev–Trinajstić information content (AvgIpc) is 3.58. The summed E-state index contributed by atoms with van der Waals surface area (Å²) in [5.74, 6) is 1.20. The summed E-state index contributed by atoms with van der Waals surface area (Å²) in [6, 6.07) is 92.2. The van der Waals surface area contributed by atoms with E-state index < -0.39 is 0 Å². The van der Waals surface area contributed by atoms with Crippen LogP contribution >= 0.6 is 0 Å². The van der Waals surface area contributed by atoms with E-state index in [4.69, 9.17) is 0 Å². The van der Waals surface area contributed by atoms with Gasteiger partial charge in [-0.1, -0.05) is 221 Å². The Morgan fingerprint density at radius 1 is 0.237 bits per heavy atom. The lowest BCUT2D eigenvalue weighted by Gasteiger charge is -2.33. The van der Waals surface area contributed by atoms with Gasteiger partial charge in [-0.3, -0.25) is 0 Å². The molecule has 0 aromatic heterocycles. The molecule has 2 nitrogen and oxygen atoms in total. The quantitative estimate of drug-likeness (QED) is 0.126. The smallest absolute Gasteiger partial charge is 0.0547 e. The van der Waals surface area contributed by atoms with Crippen LogP contribution in [0.1, 0.15) is 87.2 Å². The van der Waals surface area contributed by atoms with Crippen LogP contribution in [0.4, 0.5) is 34.1 Å². The molecule has 368 valence electrons. The summed E-state index contributed by atoms with van der Waals surface area (Å²) in [7, 11) is 0. The van der Waals surface area contributed by atoms with E-state index >= 15 is 0 Å². The summed E-state index contributed by atoms with van der Waals surface area (Å²) in [5.41, 5.74) is 14.5. The first-order valence-electron chi connectivity index (χ1n) is 28.0. The highest BCUT2D eigenvalue weighted by Gasteiger charge is 2.27. The molecule has 0 aliphatic heterocycles. The average molecular weight is 979 g/mol. The largest absolute Gasteiger partial charge is 0.309 e. The van der Waals surface area contributed by atoms with Gasteiger partial charge in [-0.15, -0.1) is 0 Å². The zero-order chi connectivity index (χ0) is 50.4. The number of hydrogen-bond acceptors (Lipinski definition) is 2. The Morgan fingerprint density at radius 2 is 0.566 bits per heavy atom. The third-order valence-corrected chi connectivity index (χ3v) is 17.2. The van der Waals surface area contributed by atoms with Crippen LogP contribution < -0.4 is 9.80 Å². The van der Waals surface area contributed by atoms with Crippen molar-refractivity contribution in [2.75, 3.05) is 9.80 Å². The van der Waals surface area contributed by atoms with Gasteiger partial charge in [0.25, 0.3) is 0 Å². The molecule has 2 fully saturated rings. The number of anilines is 6. The third kappa shape index (κ3) is 8.47. The van der Waals surface area contributed by atoms with Crippen molar-refractivity contribution in [2.24, 2.45) is 0 Å². The van der Waals surface area contributed by atoms with Gasteiger partial charge in [0.2, 0.25) is 0 Å². The van der Waals surface area contributed by atoms with Crippen LogP contribution in [-0.2, 0) is 0 Å². The van der Waals surface area contributed by atoms with Gasteiger partial charge < -0.3 is 9.80 Å². The zero-order valence-electron chi connectivity index (χ0n) is 43.2. The number of benzene rings is 12. The first-order chi connectivity index (χ1) is 37.7. The summed E-state index contributed by atoms with van der Waals surface area (Å²) in [6.45, 7) is 0. The van der Waals surface area contributed by atoms with E-state index in [9.17, 15) is 0 Å². The molecule has 2 saturated carbocycles. The molecule has 0 atom stereocenters. The van der Waals surface area contributed by atoms with Crippen LogP contribution in [0.2, 0.25) is 0 Å². The monoisotopic (exact) mass is 978 g/mol. The van der Waals surface area contributed by atoms with E-state index in [0.717, 1.165) is 34.1 Å². The van der Waals surface area contributed by atoms with Crippen LogP contribution in [0.25, 0.3) is 76.1 Å². The second kappa shape index (κ2) is 20.0. The Hall–Kier alpha value is -8.46. The second-order valence-electron chi connectivity index (χ2n) is 21.7. The molecule has 12 aromatic rings. The molecule has 0 heterocycles. The van der Waals surface area contributed by atoms with Gasteiger partial charge in [0.15, 0.2) is 0 Å². The topological polar surface area (TPSA) is 6.48 Å². The molecule has 2 heteroatoms. The fourth-order valence-electron chi connectivity index (χ4n) is 13.3. The lowest BCUT2D eigenvalue weighted by atomic mass is 9.84. The maximum Gasteiger partial charge on any atom is 0.0547 e. The van der Waals surface area contributed by atoms with Gasteiger partial charge in [-0.2, -0.15) is 0 Å². The van der Waals surface area contributed by atoms with Gasteiger partial charge >= 0.3 is 0 Å². The highest BCUT2D eigenvalue weighted by Crippen LogP contribution is 2.52. The lowest BCUT2D eigenvalue weighted by Crippen LogP contribution is -2.14. The number of hydrogen-bond donors (Lipinski definition) is 0. The highest BCUT2D eigenvalue weighted by atomic mass is 15.2. The summed E-state index contributed by atoms with van der Waals surface area (Å²) in [6.07, 6.45) is 13.0. The number of nitrogens with zero attached hydrogens (tertiary/aromatic N) is 2. The Morgan fingerprint density at radius 3 is 0.961 bits per heavy atom. The van der Waals surface area contributed by atoms with Gasteiger partial charge in [0.1, 0.15) is 0 Å². The summed E-state index contributed by atoms with van der Waals surface area (Å²) in [5, 5.41) is 12.3. The minimum absolute atomic E-state index is 0.602. The Balaban J connectivity index is 1.11. The SMILES string of the molecule is c1ccc(-c2cc(N(c3ccc(C4CCCCC4)cc3)c3cc4ccccc4c4ccccc34)c3cc(-c4ccccc4)cc(N(c4ccc(C5CCCCC5)cc4)c4cc5ccccc5c5ccccc45)c3c2)cc1. The van der Waals surface area contributed by atoms with E-state index in [1.807, 2.05) is 0 Å². The number of fused-ring (bicyclic) bond motifs is 7. The molecule has 12 aromatic carbocycles. The van der Waals surface area contributed by atoms with Gasteiger partial charge in [0, 0.05) is 32.9 Å². The minimum Gasteiger partial charge on any atom is -0.309 e. The predicted octanol–water partition coefficient (Wildman–Crippen LogP) is 21.8. The van der Waals surface area contributed by atoms with Crippen molar-refractivity contribution < 1.29 is 0 Å². The van der Waals surface area contributed by atoms with Crippen molar-refractivity contribution in [2.45, 2.75) is 76.0 Å². The Kier molecular flexibility index (Phi) is 12.1. The summed E-state index contributed by atoms with van der Waals surface area (Å²) in [4.78, 5) is 5.20. The summed E-state index contributed by atoms with van der Waals surface area (Å²) >= 11 is 0. The normalized spacial score (nSPS) is 14.5. The van der Waals surface area contributed by atoms with Crippen molar-refractivity contribution in [3.8, 4) is 22.3 Å². The molecular weight excluding hydrogens is 917 g/mol. The van der Waals surface area contributed by atoms with Crippen molar-refractivity contribution in [3.05, 3.63) is 254 Å². The molecule has 0 amide bonds. The Labute approximate surface area is 447 Å². The minimum atomic E-state index is 0.602. The Bertz CT molecular complexity index is 3790. The van der Waals surface area contributed by atoms with Gasteiger partial charge in [-0.05, 0) is 164 Å². The molecule has 0 radical (unpaired) electrons. The third-order valence-electron chi connectivity index (χ3n) is 17.2. The molecule has 0 saturated heterocycles. The molecule has 0 N–H and O–H groups in total. The fourth-order valence-corrected chi connectivity index (χ4v) is 13.3. The van der Waals surface area contributed by atoms with Crippen LogP contribution in [0.15, 0.2) is 243 Å². The van der Waals surface area contributed by atoms with E-state index in [2.05, 4.69) is 252 Å². The van der Waals surface area contributed by atoms with Crippen LogP contribution in [0.3, 0.4) is 0 Å². The van der Waals surface area contributed by atoms with Crippen LogP contribution in [0, 0.1) is 0 Å². The summed E-state index contributed by atoms with van der Waals surface area (Å²) < 4.78 is 0. The van der Waals surface area contributed by atoms with Crippen molar-refractivity contribution in [1.29, 1.82) is 0 Å². The van der Waals surface area contributed by atoms with Crippen LogP contribution in [0.5, 0.6) is 0 Å². The van der Waals surface area contributed by atoms with E-state index in [1.165, 1.54) is 151 Å². The van der Waals surface area contributed by atoms with Crippen molar-refractivity contribution >= 4 is 88.0 Å². The van der Waals surface area contributed by atoms with Gasteiger partial charge in [-0.25, -0.2) is 0 Å². The van der Waals surface area contributed by atoms with E-state index in [1.54, 1.807) is 0 Å². The van der Waals surface area contributed by atoms with E-state index in [-0.39, 0.29) is 0 Å². The maximum atomic E-state index is 2.60. The standard InChI is InChI=1S/C74H62N2/c1-5-21-51(22-6-1)55-37-41-61(42-38-55)75(71-47-57-29-13-15-31-63(57)65-33-17-19-35-67(65)71)73-49-59(53-25-9-3-10-26-53)46-70-69(73)45-60(54-27-11-4-12-28-54)50-74(70)76(62-43-39-56(40-44-62)52-23-7-2-8-24-52)72-48-58-30-14-16-32-64(58)66-34-18-20-36-68(66)72/h3-4,9-20,25-52H,1-2,5-8,21-24H2. The predicted molar refractivity (Wildman–Crippen MR) is 326 cm³/mol. The van der Waals surface area contributed by atoms with Gasteiger partial charge in [0.05, 0.1) is 22.7 Å². The fraction of sp³-hybridized carbons (Fsp3) is 0.162. The maximum absolute atomic E-state index is 2.60. The molecule has 0 bridgehead atoms. The lowest BCUT2D eigenvalue weighted by molar-refractivity contribution is 0.443. The second-order valence-corrected chi connectivity index (χ2v) is 21.7. The zero-order valence-corrected chi connectivity index (χ0v) is 43.2. The molecule has 76 heavy (non-hydrogen) atoms. The highest BCUT2D eigenvalue weighted by molar-refractivity contribution is 6.19. The molecule has 2 aliphatic carbocycles. The first-order valence-corrected chi connectivity index (χ1v) is 28.0. The van der Waals surface area contributed by atoms with Crippen LogP contribution in [-0.4, -0.2) is 0 Å². The van der Waals surface area contributed by atoms with Crippen molar-refractivity contribution in [3.63, 3.8) is 0 Å². The molecular formula is C74H62N2.